The number of rotatable bonds is 5. The fourth-order valence-electron chi connectivity index (χ4n) is 3.27. The van der Waals surface area contributed by atoms with Gasteiger partial charge in [-0.2, -0.15) is 0 Å². The smallest absolute Gasteiger partial charge is 0.242 e. The van der Waals surface area contributed by atoms with E-state index in [0.717, 1.165) is 5.52 Å². The third-order valence-electron chi connectivity index (χ3n) is 4.42. The first-order chi connectivity index (χ1) is 11.8. The molecule has 2 aromatic heterocycles. The summed E-state index contributed by atoms with van der Waals surface area (Å²) in [6.45, 7) is 4.67. The van der Waals surface area contributed by atoms with Crippen molar-refractivity contribution in [1.29, 1.82) is 0 Å². The average Bonchev–Trinajstić information content (AvgIpc) is 3.14. The van der Waals surface area contributed by atoms with Crippen molar-refractivity contribution in [2.24, 2.45) is 5.92 Å². The predicted octanol–water partition coefficient (Wildman–Crippen LogP) is 1.73. The van der Waals surface area contributed by atoms with E-state index in [1.165, 1.54) is 17.4 Å². The van der Waals surface area contributed by atoms with Gasteiger partial charge in [0.1, 0.15) is 6.54 Å². The van der Waals surface area contributed by atoms with Gasteiger partial charge in [0, 0.05) is 24.8 Å². The summed E-state index contributed by atoms with van der Waals surface area (Å²) in [5.41, 5.74) is 0.698. The Morgan fingerprint density at radius 1 is 1.40 bits per heavy atom. The van der Waals surface area contributed by atoms with E-state index >= 15 is 0 Å². The van der Waals surface area contributed by atoms with Crippen molar-refractivity contribution in [2.75, 3.05) is 18.1 Å². The van der Waals surface area contributed by atoms with Crippen molar-refractivity contribution in [2.45, 2.75) is 32.9 Å². The zero-order valence-corrected chi connectivity index (χ0v) is 16.0. The summed E-state index contributed by atoms with van der Waals surface area (Å²) in [7, 11) is -3.05. The lowest BCUT2D eigenvalue weighted by molar-refractivity contribution is -0.134. The monoisotopic (exact) mass is 382 g/mol. The molecule has 1 amide bonds. The Bertz CT molecular complexity index is 943. The van der Waals surface area contributed by atoms with Gasteiger partial charge in [-0.15, -0.1) is 11.3 Å². The molecule has 6 nitrogen and oxygen atoms in total. The molecule has 1 atom stereocenters. The van der Waals surface area contributed by atoms with Crippen molar-refractivity contribution in [3.63, 3.8) is 0 Å². The molecule has 3 rings (SSSR count). The number of pyridine rings is 1. The molecule has 0 N–H and O–H groups in total. The number of carbonyl (C=O) groups is 1. The molecule has 1 unspecified atom stereocenters. The van der Waals surface area contributed by atoms with Crippen LogP contribution in [0.15, 0.2) is 28.5 Å². The van der Waals surface area contributed by atoms with E-state index in [1.54, 1.807) is 15.7 Å². The van der Waals surface area contributed by atoms with Gasteiger partial charge in [0.05, 0.1) is 21.7 Å². The Labute approximate surface area is 151 Å². The first-order valence-electron chi connectivity index (χ1n) is 8.33. The van der Waals surface area contributed by atoms with Gasteiger partial charge in [-0.05, 0) is 23.8 Å². The molecular formula is C17H22N2O4S2. The zero-order valence-electron chi connectivity index (χ0n) is 14.3. The van der Waals surface area contributed by atoms with Crippen LogP contribution in [0.25, 0.3) is 10.2 Å². The maximum atomic E-state index is 12.9. The summed E-state index contributed by atoms with van der Waals surface area (Å²) in [5.74, 6) is 0.338. The van der Waals surface area contributed by atoms with Gasteiger partial charge in [-0.3, -0.25) is 9.59 Å². The van der Waals surface area contributed by atoms with Crippen molar-refractivity contribution >= 4 is 37.3 Å². The molecule has 1 fully saturated rings. The third-order valence-corrected chi connectivity index (χ3v) is 7.09. The lowest BCUT2D eigenvalue weighted by Gasteiger charge is -2.30. The lowest BCUT2D eigenvalue weighted by Crippen LogP contribution is -2.44. The highest BCUT2D eigenvalue weighted by molar-refractivity contribution is 7.91. The van der Waals surface area contributed by atoms with Crippen molar-refractivity contribution in [3.8, 4) is 0 Å². The molecule has 0 aliphatic carbocycles. The van der Waals surface area contributed by atoms with Crippen LogP contribution >= 0.6 is 11.3 Å². The molecule has 0 aromatic carbocycles. The van der Waals surface area contributed by atoms with E-state index in [0.29, 0.717) is 17.7 Å². The number of amides is 1. The van der Waals surface area contributed by atoms with E-state index < -0.39 is 9.84 Å². The third kappa shape index (κ3) is 3.95. The van der Waals surface area contributed by atoms with E-state index in [-0.39, 0.29) is 41.3 Å². The number of hydrogen-bond acceptors (Lipinski definition) is 5. The second-order valence-corrected chi connectivity index (χ2v) is 10.1. The molecule has 0 saturated carbocycles. The maximum Gasteiger partial charge on any atom is 0.242 e. The maximum absolute atomic E-state index is 12.9. The minimum Gasteiger partial charge on any atom is -0.337 e. The topological polar surface area (TPSA) is 76.5 Å². The van der Waals surface area contributed by atoms with Crippen LogP contribution in [-0.4, -0.2) is 47.9 Å². The van der Waals surface area contributed by atoms with Crippen LogP contribution in [0.4, 0.5) is 0 Å². The standard InChI is InChI=1S/C17H22N2O4S2/c1-12(2)9-19(13-5-8-25(22,23)11-13)16(21)10-18-6-3-15(20)17-14(18)4-7-24-17/h3-4,6-7,12-13H,5,8-11H2,1-2H3. The van der Waals surface area contributed by atoms with Gasteiger partial charge in [0.15, 0.2) is 15.3 Å². The normalized spacial score (nSPS) is 19.6. The van der Waals surface area contributed by atoms with E-state index in [1.807, 2.05) is 25.3 Å². The van der Waals surface area contributed by atoms with Crippen LogP contribution in [0.1, 0.15) is 20.3 Å². The molecule has 8 heteroatoms. The summed E-state index contributed by atoms with van der Waals surface area (Å²) >= 11 is 1.36. The molecule has 25 heavy (non-hydrogen) atoms. The van der Waals surface area contributed by atoms with Gasteiger partial charge in [-0.1, -0.05) is 13.8 Å². The van der Waals surface area contributed by atoms with Crippen LogP contribution in [0.5, 0.6) is 0 Å². The zero-order chi connectivity index (χ0) is 18.2. The molecule has 0 spiro atoms. The van der Waals surface area contributed by atoms with Gasteiger partial charge in [0.2, 0.25) is 5.91 Å². The molecule has 1 aliphatic rings. The first kappa shape index (κ1) is 18.1. The fourth-order valence-corrected chi connectivity index (χ4v) is 5.82. The first-order valence-corrected chi connectivity index (χ1v) is 11.0. The van der Waals surface area contributed by atoms with Gasteiger partial charge < -0.3 is 9.47 Å². The van der Waals surface area contributed by atoms with Crippen molar-refractivity contribution in [1.82, 2.24) is 9.47 Å². The summed E-state index contributed by atoms with van der Waals surface area (Å²) in [4.78, 5) is 26.5. The average molecular weight is 383 g/mol. The Balaban J connectivity index is 1.86. The summed E-state index contributed by atoms with van der Waals surface area (Å²) in [6.07, 6.45) is 2.13. The highest BCUT2D eigenvalue weighted by Gasteiger charge is 2.34. The number of thiophene rings is 1. The minimum atomic E-state index is -3.05. The molecule has 1 saturated heterocycles. The SMILES string of the molecule is CC(C)CN(C(=O)Cn1ccc(=O)c2sccc21)C1CCS(=O)(=O)C1. The molecular weight excluding hydrogens is 360 g/mol. The molecule has 2 aromatic rings. The highest BCUT2D eigenvalue weighted by Crippen LogP contribution is 2.21. The van der Waals surface area contributed by atoms with E-state index in [2.05, 4.69) is 0 Å². The van der Waals surface area contributed by atoms with E-state index in [4.69, 9.17) is 0 Å². The van der Waals surface area contributed by atoms with Crippen molar-refractivity contribution < 1.29 is 13.2 Å². The lowest BCUT2D eigenvalue weighted by atomic mass is 10.1. The summed E-state index contributed by atoms with van der Waals surface area (Å²) in [6, 6.07) is 3.05. The predicted molar refractivity (Wildman–Crippen MR) is 99.7 cm³/mol. The molecule has 1 aliphatic heterocycles. The second kappa shape index (κ2) is 6.92. The summed E-state index contributed by atoms with van der Waals surface area (Å²) < 4.78 is 26.0. The quantitative estimate of drug-likeness (QED) is 0.789. The molecule has 136 valence electrons. The number of hydrogen-bond donors (Lipinski definition) is 0. The molecule has 0 bridgehead atoms. The number of nitrogens with zero attached hydrogens (tertiary/aromatic N) is 2. The number of carbonyl (C=O) groups excluding carboxylic acids is 1. The Morgan fingerprint density at radius 3 is 2.80 bits per heavy atom. The highest BCUT2D eigenvalue weighted by atomic mass is 32.2. The van der Waals surface area contributed by atoms with Gasteiger partial charge in [0.25, 0.3) is 0 Å². The molecule has 3 heterocycles. The van der Waals surface area contributed by atoms with Crippen molar-refractivity contribution in [3.05, 3.63) is 33.9 Å². The fraction of sp³-hybridized carbons (Fsp3) is 0.529. The van der Waals surface area contributed by atoms with Crippen LogP contribution in [0.3, 0.4) is 0 Å². The number of sulfone groups is 1. The molecule has 0 radical (unpaired) electrons. The Kier molecular flexibility index (Phi) is 5.02. The minimum absolute atomic E-state index is 0.0451. The number of aromatic nitrogens is 1. The Hall–Kier alpha value is -1.67. The van der Waals surface area contributed by atoms with Gasteiger partial charge >= 0.3 is 0 Å². The van der Waals surface area contributed by atoms with Crippen LogP contribution in [0, 0.1) is 5.92 Å². The van der Waals surface area contributed by atoms with Crippen LogP contribution in [-0.2, 0) is 21.2 Å². The summed E-state index contributed by atoms with van der Waals surface area (Å²) in [5, 5.41) is 1.84. The van der Waals surface area contributed by atoms with Crippen LogP contribution < -0.4 is 5.43 Å². The van der Waals surface area contributed by atoms with E-state index in [9.17, 15) is 18.0 Å². The van der Waals surface area contributed by atoms with Gasteiger partial charge in [-0.25, -0.2) is 8.42 Å². The van der Waals surface area contributed by atoms with Crippen LogP contribution in [0.2, 0.25) is 0 Å². The second-order valence-electron chi connectivity index (χ2n) is 6.94. The largest absolute Gasteiger partial charge is 0.337 e. The number of fused-ring (bicyclic) bond motifs is 1. The Morgan fingerprint density at radius 2 is 2.16 bits per heavy atom.